The van der Waals surface area contributed by atoms with Crippen molar-refractivity contribution in [2.24, 2.45) is 5.16 Å². The molecule has 6 nitrogen and oxygen atoms in total. The normalized spacial score (nSPS) is 10.9. The minimum absolute atomic E-state index is 0.0378. The number of hydrogen-bond acceptors (Lipinski definition) is 5. The fraction of sp³-hybridized carbons (Fsp3) is 0.263. The molecule has 0 heterocycles. The summed E-state index contributed by atoms with van der Waals surface area (Å²) in [6.45, 7) is 3.62. The summed E-state index contributed by atoms with van der Waals surface area (Å²) >= 11 is 11.7. The van der Waals surface area contributed by atoms with Gasteiger partial charge in [-0.1, -0.05) is 28.4 Å². The van der Waals surface area contributed by atoms with Gasteiger partial charge in [-0.2, -0.15) is 0 Å². The van der Waals surface area contributed by atoms with Crippen LogP contribution in [0.25, 0.3) is 0 Å². The SMILES string of the molecule is COc1cc(/C=N\OCC(=O)Nc2ccc(Cl)c(Cl)c2)ccc1OC(C)C. The first-order chi connectivity index (χ1) is 12.9. The van der Waals surface area contributed by atoms with Gasteiger partial charge in [0.25, 0.3) is 5.91 Å². The van der Waals surface area contributed by atoms with E-state index in [9.17, 15) is 4.79 Å². The molecule has 0 aliphatic carbocycles. The van der Waals surface area contributed by atoms with Gasteiger partial charge < -0.3 is 19.6 Å². The molecule has 0 saturated carbocycles. The maximum Gasteiger partial charge on any atom is 0.265 e. The van der Waals surface area contributed by atoms with Gasteiger partial charge in [0.05, 0.1) is 29.5 Å². The number of carbonyl (C=O) groups excluding carboxylic acids is 1. The molecule has 0 fully saturated rings. The highest BCUT2D eigenvalue weighted by atomic mass is 35.5. The molecule has 0 saturated heterocycles. The van der Waals surface area contributed by atoms with Crippen molar-refractivity contribution in [1.82, 2.24) is 0 Å². The third kappa shape index (κ3) is 6.66. The first-order valence-corrected chi connectivity index (χ1v) is 8.89. The Balaban J connectivity index is 1.87. The Labute approximate surface area is 168 Å². The Morgan fingerprint density at radius 2 is 1.93 bits per heavy atom. The lowest BCUT2D eigenvalue weighted by molar-refractivity contribution is -0.120. The fourth-order valence-corrected chi connectivity index (χ4v) is 2.38. The summed E-state index contributed by atoms with van der Waals surface area (Å²) in [7, 11) is 1.56. The fourth-order valence-electron chi connectivity index (χ4n) is 2.08. The molecule has 0 aliphatic rings. The number of benzene rings is 2. The highest BCUT2D eigenvalue weighted by Gasteiger charge is 2.07. The molecule has 0 unspecified atom stereocenters. The van der Waals surface area contributed by atoms with Gasteiger partial charge in [-0.25, -0.2) is 0 Å². The molecule has 0 radical (unpaired) electrons. The minimum Gasteiger partial charge on any atom is -0.493 e. The Hall–Kier alpha value is -2.44. The van der Waals surface area contributed by atoms with E-state index in [1.54, 1.807) is 37.4 Å². The summed E-state index contributed by atoms with van der Waals surface area (Å²) in [5, 5.41) is 7.19. The monoisotopic (exact) mass is 410 g/mol. The zero-order chi connectivity index (χ0) is 19.8. The second kappa shape index (κ2) is 10.0. The first kappa shape index (κ1) is 20.9. The molecule has 1 N–H and O–H groups in total. The second-order valence-corrected chi connectivity index (χ2v) is 6.58. The Bertz CT molecular complexity index is 825. The van der Waals surface area contributed by atoms with Gasteiger partial charge in [0.1, 0.15) is 0 Å². The van der Waals surface area contributed by atoms with Gasteiger partial charge >= 0.3 is 0 Å². The molecule has 0 atom stereocenters. The van der Waals surface area contributed by atoms with Gasteiger partial charge in [0.2, 0.25) is 0 Å². The third-order valence-corrected chi connectivity index (χ3v) is 3.96. The topological polar surface area (TPSA) is 69.2 Å². The number of anilines is 1. The summed E-state index contributed by atoms with van der Waals surface area (Å²) in [5.74, 6) is 0.861. The molecule has 8 heteroatoms. The van der Waals surface area contributed by atoms with Crippen LogP contribution in [-0.4, -0.2) is 31.9 Å². The summed E-state index contributed by atoms with van der Waals surface area (Å²) in [4.78, 5) is 16.9. The highest BCUT2D eigenvalue weighted by Crippen LogP contribution is 2.28. The average Bonchev–Trinajstić information content (AvgIpc) is 2.62. The smallest absolute Gasteiger partial charge is 0.265 e. The molecule has 0 spiro atoms. The Morgan fingerprint density at radius 3 is 2.59 bits per heavy atom. The van der Waals surface area contributed by atoms with E-state index < -0.39 is 0 Å². The van der Waals surface area contributed by atoms with Crippen LogP contribution in [0, 0.1) is 0 Å². The van der Waals surface area contributed by atoms with Crippen molar-refractivity contribution >= 4 is 41.0 Å². The number of nitrogens with zero attached hydrogens (tertiary/aromatic N) is 1. The van der Waals surface area contributed by atoms with Crippen LogP contribution in [0.2, 0.25) is 10.0 Å². The van der Waals surface area contributed by atoms with E-state index in [4.69, 9.17) is 37.5 Å². The van der Waals surface area contributed by atoms with Crippen LogP contribution in [0.5, 0.6) is 11.5 Å². The van der Waals surface area contributed by atoms with Crippen molar-refractivity contribution in [1.29, 1.82) is 0 Å². The Kier molecular flexibility index (Phi) is 7.76. The van der Waals surface area contributed by atoms with Gasteiger partial charge in [-0.3, -0.25) is 4.79 Å². The zero-order valence-corrected chi connectivity index (χ0v) is 16.7. The number of amides is 1. The average molecular weight is 411 g/mol. The van der Waals surface area contributed by atoms with Gasteiger partial charge in [-0.15, -0.1) is 0 Å². The predicted octanol–water partition coefficient (Wildman–Crippen LogP) is 4.78. The highest BCUT2D eigenvalue weighted by molar-refractivity contribution is 6.42. The van der Waals surface area contributed by atoms with Crippen LogP contribution in [0.4, 0.5) is 5.69 Å². The van der Waals surface area contributed by atoms with Gasteiger partial charge in [0.15, 0.2) is 18.1 Å². The van der Waals surface area contributed by atoms with Crippen LogP contribution in [0.15, 0.2) is 41.6 Å². The van der Waals surface area contributed by atoms with E-state index in [2.05, 4.69) is 10.5 Å². The predicted molar refractivity (Wildman–Crippen MR) is 107 cm³/mol. The van der Waals surface area contributed by atoms with Gasteiger partial charge in [-0.05, 0) is 50.2 Å². The largest absolute Gasteiger partial charge is 0.493 e. The third-order valence-electron chi connectivity index (χ3n) is 3.23. The number of halogens is 2. The first-order valence-electron chi connectivity index (χ1n) is 8.14. The van der Waals surface area contributed by atoms with Crippen LogP contribution in [0.3, 0.4) is 0 Å². The van der Waals surface area contributed by atoms with Crippen molar-refractivity contribution in [2.75, 3.05) is 19.0 Å². The number of hydrogen-bond donors (Lipinski definition) is 1. The number of methoxy groups -OCH3 is 1. The Morgan fingerprint density at radius 1 is 1.15 bits per heavy atom. The van der Waals surface area contributed by atoms with E-state index >= 15 is 0 Å². The minimum atomic E-state index is -0.371. The lowest BCUT2D eigenvalue weighted by atomic mass is 10.2. The molecule has 144 valence electrons. The summed E-state index contributed by atoms with van der Waals surface area (Å²) in [6, 6.07) is 10.2. The van der Waals surface area contributed by atoms with Crippen molar-refractivity contribution in [3.8, 4) is 11.5 Å². The van der Waals surface area contributed by atoms with E-state index in [1.165, 1.54) is 6.21 Å². The molecule has 2 rings (SSSR count). The number of carbonyl (C=O) groups is 1. The van der Waals surface area contributed by atoms with E-state index in [-0.39, 0.29) is 18.6 Å². The summed E-state index contributed by atoms with van der Waals surface area (Å²) in [5.41, 5.74) is 1.26. The lowest BCUT2D eigenvalue weighted by Gasteiger charge is -2.13. The van der Waals surface area contributed by atoms with Crippen LogP contribution >= 0.6 is 23.2 Å². The molecule has 0 aliphatic heterocycles. The summed E-state index contributed by atoms with van der Waals surface area (Å²) in [6.07, 6.45) is 1.52. The number of rotatable bonds is 8. The van der Waals surface area contributed by atoms with Crippen LogP contribution in [0.1, 0.15) is 19.4 Å². The molecule has 2 aromatic carbocycles. The number of ether oxygens (including phenoxy) is 2. The van der Waals surface area contributed by atoms with Crippen molar-refractivity contribution in [2.45, 2.75) is 20.0 Å². The number of oxime groups is 1. The molecular weight excluding hydrogens is 391 g/mol. The van der Waals surface area contributed by atoms with Crippen molar-refractivity contribution < 1.29 is 19.1 Å². The van der Waals surface area contributed by atoms with E-state index in [0.717, 1.165) is 5.56 Å². The van der Waals surface area contributed by atoms with Crippen molar-refractivity contribution in [3.63, 3.8) is 0 Å². The van der Waals surface area contributed by atoms with Gasteiger partial charge in [0, 0.05) is 11.3 Å². The summed E-state index contributed by atoms with van der Waals surface area (Å²) < 4.78 is 11.0. The molecule has 0 bridgehead atoms. The molecular formula is C19H20Cl2N2O4. The van der Waals surface area contributed by atoms with E-state index in [0.29, 0.717) is 27.2 Å². The van der Waals surface area contributed by atoms with Crippen molar-refractivity contribution in [3.05, 3.63) is 52.0 Å². The van der Waals surface area contributed by atoms with Crippen LogP contribution < -0.4 is 14.8 Å². The molecule has 2 aromatic rings. The maximum atomic E-state index is 11.8. The maximum absolute atomic E-state index is 11.8. The molecule has 27 heavy (non-hydrogen) atoms. The molecule has 0 aromatic heterocycles. The quantitative estimate of drug-likeness (QED) is 0.502. The number of nitrogens with one attached hydrogen (secondary N) is 1. The van der Waals surface area contributed by atoms with E-state index in [1.807, 2.05) is 19.9 Å². The second-order valence-electron chi connectivity index (χ2n) is 5.76. The molecule has 1 amide bonds. The van der Waals surface area contributed by atoms with Crippen LogP contribution in [-0.2, 0) is 9.63 Å². The lowest BCUT2D eigenvalue weighted by Crippen LogP contribution is -2.16. The zero-order valence-electron chi connectivity index (χ0n) is 15.2. The standard InChI is InChI=1S/C19H20Cl2N2O4/c1-12(2)27-17-7-4-13(8-18(17)25-3)10-22-26-11-19(24)23-14-5-6-15(20)16(21)9-14/h4-10,12H,11H2,1-3H3,(H,23,24)/b22-10-.